The molecule has 0 aliphatic rings. The maximum Gasteiger partial charge on any atom is 0.344 e. The van der Waals surface area contributed by atoms with Crippen molar-refractivity contribution in [1.29, 1.82) is 0 Å². The molecule has 2 aromatic heterocycles. The molecule has 4 aromatic rings. The monoisotopic (exact) mass is 393 g/mol. The molecule has 0 amide bonds. The van der Waals surface area contributed by atoms with Crippen LogP contribution in [0.5, 0.6) is 11.5 Å². The highest BCUT2D eigenvalue weighted by Gasteiger charge is 2.28. The number of aromatic nitrogens is 1. The van der Waals surface area contributed by atoms with Crippen LogP contribution in [-0.4, -0.2) is 31.8 Å². The number of aromatic amines is 1. The average Bonchev–Trinajstić information content (AvgIpc) is 3.10. The molecule has 0 spiro atoms. The van der Waals surface area contributed by atoms with E-state index in [1.807, 2.05) is 18.2 Å². The lowest BCUT2D eigenvalue weighted by atomic mass is 9.98. The van der Waals surface area contributed by atoms with Gasteiger partial charge in [0.1, 0.15) is 11.1 Å². The van der Waals surface area contributed by atoms with Crippen LogP contribution in [0.2, 0.25) is 0 Å². The Morgan fingerprint density at radius 3 is 2.59 bits per heavy atom. The maximum absolute atomic E-state index is 13.0. The molecule has 148 valence electrons. The summed E-state index contributed by atoms with van der Waals surface area (Å²) in [5.74, 6) is 0.105. The van der Waals surface area contributed by atoms with E-state index in [-0.39, 0.29) is 12.2 Å². The van der Waals surface area contributed by atoms with Crippen LogP contribution in [0.25, 0.3) is 33.2 Å². The Bertz CT molecular complexity index is 1280. The number of pyridine rings is 1. The number of nitrogens with one attached hydrogen (secondary N) is 1. The molecular formula is C22H19NO6. The minimum Gasteiger partial charge on any atom is -0.493 e. The minimum atomic E-state index is -0.740. The lowest BCUT2D eigenvalue weighted by Crippen LogP contribution is -2.21. The molecule has 29 heavy (non-hydrogen) atoms. The third-order valence-corrected chi connectivity index (χ3v) is 4.69. The first-order chi connectivity index (χ1) is 14.1. The van der Waals surface area contributed by atoms with Crippen molar-refractivity contribution in [2.24, 2.45) is 0 Å². The Labute approximate surface area is 165 Å². The molecule has 0 unspecified atom stereocenters. The first-order valence-corrected chi connectivity index (χ1v) is 9.06. The van der Waals surface area contributed by atoms with Gasteiger partial charge in [-0.25, -0.2) is 4.79 Å². The van der Waals surface area contributed by atoms with Crippen molar-refractivity contribution in [2.75, 3.05) is 20.8 Å². The van der Waals surface area contributed by atoms with E-state index in [1.54, 1.807) is 31.2 Å². The van der Waals surface area contributed by atoms with Crippen molar-refractivity contribution in [3.8, 4) is 22.6 Å². The summed E-state index contributed by atoms with van der Waals surface area (Å²) in [7, 11) is 3.01. The van der Waals surface area contributed by atoms with Crippen LogP contribution in [0.4, 0.5) is 0 Å². The summed E-state index contributed by atoms with van der Waals surface area (Å²) in [6.07, 6.45) is 0. The fourth-order valence-corrected chi connectivity index (χ4v) is 3.49. The summed E-state index contributed by atoms with van der Waals surface area (Å²) < 4.78 is 22.2. The number of furan rings is 1. The molecule has 1 N–H and O–H groups in total. The SMILES string of the molecule is CCOC(=O)c1c(-c2cccc(OC)c2OC)c2oc3ccccc3c2[nH]c1=O. The zero-order chi connectivity index (χ0) is 20.5. The van der Waals surface area contributed by atoms with Gasteiger partial charge in [0.05, 0.1) is 31.9 Å². The summed E-state index contributed by atoms with van der Waals surface area (Å²) >= 11 is 0. The Hall–Kier alpha value is -3.74. The summed E-state index contributed by atoms with van der Waals surface area (Å²) in [4.78, 5) is 28.5. The highest BCUT2D eigenvalue weighted by molar-refractivity contribution is 6.12. The van der Waals surface area contributed by atoms with E-state index in [9.17, 15) is 9.59 Å². The number of hydrogen-bond acceptors (Lipinski definition) is 6. The first kappa shape index (κ1) is 18.6. The Balaban J connectivity index is 2.20. The van der Waals surface area contributed by atoms with Crippen molar-refractivity contribution >= 4 is 28.0 Å². The van der Waals surface area contributed by atoms with Gasteiger partial charge in [-0.15, -0.1) is 0 Å². The number of esters is 1. The van der Waals surface area contributed by atoms with Gasteiger partial charge in [-0.3, -0.25) is 4.79 Å². The normalized spacial score (nSPS) is 11.0. The highest BCUT2D eigenvalue weighted by atomic mass is 16.5. The number of hydrogen-bond donors (Lipinski definition) is 1. The van der Waals surface area contributed by atoms with E-state index in [2.05, 4.69) is 4.98 Å². The van der Waals surface area contributed by atoms with Gasteiger partial charge >= 0.3 is 5.97 Å². The van der Waals surface area contributed by atoms with Crippen molar-refractivity contribution in [1.82, 2.24) is 4.98 Å². The second kappa shape index (κ2) is 7.35. The molecule has 4 rings (SSSR count). The summed E-state index contributed by atoms with van der Waals surface area (Å²) in [6.45, 7) is 1.81. The second-order valence-electron chi connectivity index (χ2n) is 6.27. The van der Waals surface area contributed by atoms with Crippen molar-refractivity contribution < 1.29 is 23.4 Å². The Morgan fingerprint density at radius 1 is 1.07 bits per heavy atom. The molecule has 0 radical (unpaired) electrons. The molecular weight excluding hydrogens is 374 g/mol. The predicted octanol–water partition coefficient (Wildman–Crippen LogP) is 4.14. The van der Waals surface area contributed by atoms with E-state index in [1.165, 1.54) is 14.2 Å². The smallest absolute Gasteiger partial charge is 0.344 e. The fourth-order valence-electron chi connectivity index (χ4n) is 3.49. The van der Waals surface area contributed by atoms with Crippen molar-refractivity contribution in [2.45, 2.75) is 6.92 Å². The molecule has 7 heteroatoms. The minimum absolute atomic E-state index is 0.130. The van der Waals surface area contributed by atoms with E-state index in [4.69, 9.17) is 18.6 Å². The number of ether oxygens (including phenoxy) is 3. The van der Waals surface area contributed by atoms with Crippen molar-refractivity contribution in [3.63, 3.8) is 0 Å². The molecule has 0 bridgehead atoms. The van der Waals surface area contributed by atoms with E-state index >= 15 is 0 Å². The van der Waals surface area contributed by atoms with Crippen LogP contribution in [0.1, 0.15) is 17.3 Å². The number of para-hydroxylation sites is 2. The molecule has 0 atom stereocenters. The van der Waals surface area contributed by atoms with Gasteiger partial charge < -0.3 is 23.6 Å². The average molecular weight is 393 g/mol. The third-order valence-electron chi connectivity index (χ3n) is 4.69. The summed E-state index contributed by atoms with van der Waals surface area (Å²) in [5.41, 5.74) is 1.52. The predicted molar refractivity (Wildman–Crippen MR) is 109 cm³/mol. The van der Waals surface area contributed by atoms with Gasteiger partial charge in [-0.2, -0.15) is 0 Å². The number of methoxy groups -OCH3 is 2. The Kier molecular flexibility index (Phi) is 4.72. The largest absolute Gasteiger partial charge is 0.493 e. The first-order valence-electron chi connectivity index (χ1n) is 9.06. The number of fused-ring (bicyclic) bond motifs is 3. The molecule has 7 nitrogen and oxygen atoms in total. The van der Waals surface area contributed by atoms with Crippen LogP contribution in [0, 0.1) is 0 Å². The molecule has 2 aromatic carbocycles. The molecule has 0 saturated carbocycles. The number of rotatable bonds is 5. The lowest BCUT2D eigenvalue weighted by molar-refractivity contribution is 0.0525. The zero-order valence-corrected chi connectivity index (χ0v) is 16.2. The number of carbonyl (C=O) groups excluding carboxylic acids is 1. The molecule has 0 aliphatic carbocycles. The molecule has 2 heterocycles. The Morgan fingerprint density at radius 2 is 1.86 bits per heavy atom. The molecule has 0 fully saturated rings. The van der Waals surface area contributed by atoms with Crippen LogP contribution >= 0.6 is 0 Å². The number of benzene rings is 2. The van der Waals surface area contributed by atoms with Gasteiger partial charge in [0, 0.05) is 10.9 Å². The van der Waals surface area contributed by atoms with E-state index in [0.29, 0.717) is 39.3 Å². The van der Waals surface area contributed by atoms with Gasteiger partial charge in [0.15, 0.2) is 17.1 Å². The van der Waals surface area contributed by atoms with Crippen LogP contribution in [-0.2, 0) is 4.74 Å². The van der Waals surface area contributed by atoms with E-state index < -0.39 is 11.5 Å². The topological polar surface area (TPSA) is 90.8 Å². The highest BCUT2D eigenvalue weighted by Crippen LogP contribution is 2.43. The second-order valence-corrected chi connectivity index (χ2v) is 6.27. The lowest BCUT2D eigenvalue weighted by Gasteiger charge is -2.15. The van der Waals surface area contributed by atoms with Gasteiger partial charge in [-0.05, 0) is 25.1 Å². The fraction of sp³-hybridized carbons (Fsp3) is 0.182. The standard InChI is InChI=1S/C22H19NO6/c1-4-28-22(25)17-16(13-9-7-11-15(26-2)19(13)27-3)20-18(23-21(17)24)12-8-5-6-10-14(12)29-20/h5-11H,4H2,1-3H3,(H,23,24). The summed E-state index contributed by atoms with van der Waals surface area (Å²) in [5, 5.41) is 0.734. The molecule has 0 aliphatic heterocycles. The molecule has 0 saturated heterocycles. The van der Waals surface area contributed by atoms with Gasteiger partial charge in [0.25, 0.3) is 5.56 Å². The number of carbonyl (C=O) groups is 1. The van der Waals surface area contributed by atoms with Gasteiger partial charge in [0.2, 0.25) is 0 Å². The van der Waals surface area contributed by atoms with Crippen LogP contribution < -0.4 is 15.0 Å². The van der Waals surface area contributed by atoms with Crippen LogP contribution in [0.15, 0.2) is 51.7 Å². The van der Waals surface area contributed by atoms with Crippen LogP contribution in [0.3, 0.4) is 0 Å². The van der Waals surface area contributed by atoms with E-state index in [0.717, 1.165) is 5.39 Å². The van der Waals surface area contributed by atoms with Gasteiger partial charge in [-0.1, -0.05) is 24.3 Å². The van der Waals surface area contributed by atoms with Crippen molar-refractivity contribution in [3.05, 3.63) is 58.4 Å². The zero-order valence-electron chi connectivity index (χ0n) is 16.2. The summed E-state index contributed by atoms with van der Waals surface area (Å²) in [6, 6.07) is 12.5. The number of H-pyrrole nitrogens is 1. The third kappa shape index (κ3) is 2.91. The quantitative estimate of drug-likeness (QED) is 0.513. The maximum atomic E-state index is 13.0.